The summed E-state index contributed by atoms with van der Waals surface area (Å²) in [5.74, 6) is 2.50. The molecule has 2 N–H and O–H groups in total. The molecule has 3 aliphatic rings. The summed E-state index contributed by atoms with van der Waals surface area (Å²) in [6, 6.07) is 4.21. The van der Waals surface area contributed by atoms with Gasteiger partial charge in [-0.1, -0.05) is 6.92 Å². The Morgan fingerprint density at radius 2 is 2.00 bits per heavy atom. The second-order valence-corrected chi connectivity index (χ2v) is 8.72. The molecule has 2 fully saturated rings. The van der Waals surface area contributed by atoms with Crippen LogP contribution in [0, 0.1) is 20.8 Å². The Labute approximate surface area is 140 Å². The fraction of sp³-hybridized carbons (Fsp3) is 0.667. The lowest BCUT2D eigenvalue weighted by Gasteiger charge is -2.50. The largest absolute Gasteiger partial charge is 0.507 e. The van der Waals surface area contributed by atoms with E-state index in [0.29, 0.717) is 17.6 Å². The number of hydrogen-bond donors (Lipinski definition) is 2. The van der Waals surface area contributed by atoms with E-state index in [4.69, 9.17) is 0 Å². The van der Waals surface area contributed by atoms with Crippen LogP contribution in [0.1, 0.15) is 56.1 Å². The van der Waals surface area contributed by atoms with Crippen molar-refractivity contribution in [1.29, 1.82) is 0 Å². The van der Waals surface area contributed by atoms with E-state index in [1.54, 1.807) is 0 Å². The Bertz CT molecular complexity index is 585. The summed E-state index contributed by atoms with van der Waals surface area (Å²) in [6.45, 7) is 2.32. The Morgan fingerprint density at radius 3 is 2.81 bits per heavy atom. The molecule has 4 rings (SSSR count). The molecular weight excluding hydrogens is 375 g/mol. The molecular formula is C18H23IO2. The summed E-state index contributed by atoms with van der Waals surface area (Å²) < 4.78 is 0.979. The fourth-order valence-electron chi connectivity index (χ4n) is 5.55. The van der Waals surface area contributed by atoms with Gasteiger partial charge in [-0.15, -0.1) is 0 Å². The van der Waals surface area contributed by atoms with Gasteiger partial charge in [-0.2, -0.15) is 0 Å². The first-order valence-electron chi connectivity index (χ1n) is 8.20. The third-order valence-electron chi connectivity index (χ3n) is 6.74. The van der Waals surface area contributed by atoms with E-state index in [-0.39, 0.29) is 11.5 Å². The van der Waals surface area contributed by atoms with Crippen LogP contribution in [0.25, 0.3) is 0 Å². The number of benzene rings is 1. The molecule has 0 heterocycles. The molecule has 1 aromatic rings. The van der Waals surface area contributed by atoms with Crippen molar-refractivity contribution in [2.45, 2.75) is 57.5 Å². The van der Waals surface area contributed by atoms with Crippen LogP contribution in [0.5, 0.6) is 5.75 Å². The number of aromatic hydroxyl groups is 1. The third kappa shape index (κ3) is 1.99. The van der Waals surface area contributed by atoms with Crippen molar-refractivity contribution in [3.63, 3.8) is 0 Å². The minimum absolute atomic E-state index is 0.0928. The second kappa shape index (κ2) is 4.85. The van der Waals surface area contributed by atoms with Gasteiger partial charge in [-0.05, 0) is 108 Å². The molecule has 2 nitrogen and oxygen atoms in total. The number of fused-ring (bicyclic) bond motifs is 5. The zero-order valence-electron chi connectivity index (χ0n) is 12.5. The maximum absolute atomic E-state index is 10.4. The van der Waals surface area contributed by atoms with Crippen LogP contribution in [0.4, 0.5) is 0 Å². The average molecular weight is 398 g/mol. The van der Waals surface area contributed by atoms with E-state index in [9.17, 15) is 10.2 Å². The van der Waals surface area contributed by atoms with Gasteiger partial charge in [-0.3, -0.25) is 0 Å². The monoisotopic (exact) mass is 398 g/mol. The fourth-order valence-corrected chi connectivity index (χ4v) is 6.04. The zero-order valence-corrected chi connectivity index (χ0v) is 14.6. The number of halogens is 1. The summed E-state index contributed by atoms with van der Waals surface area (Å²) in [5.41, 5.74) is 3.00. The van der Waals surface area contributed by atoms with Crippen molar-refractivity contribution in [3.8, 4) is 5.75 Å². The zero-order chi connectivity index (χ0) is 14.8. The first kappa shape index (κ1) is 14.3. The van der Waals surface area contributed by atoms with Gasteiger partial charge >= 0.3 is 0 Å². The molecule has 0 aliphatic heterocycles. The standard InChI is InChI=1S/C18H23IO2/c1-18-7-6-11-12(14(18)4-5-17(18)21)3-2-10-8-16(20)15(19)9-13(10)11/h8-9,11-12,14,17,20-21H,2-7H2,1H3/t11-,12+,14-,17?,18-/m0/s1. The predicted octanol–water partition coefficient (Wildman–Crippen LogP) is 4.21. The topological polar surface area (TPSA) is 40.5 Å². The molecule has 1 aromatic carbocycles. The molecule has 2 saturated carbocycles. The van der Waals surface area contributed by atoms with Crippen LogP contribution in [-0.4, -0.2) is 16.3 Å². The van der Waals surface area contributed by atoms with Crippen LogP contribution in [0.2, 0.25) is 0 Å². The molecule has 3 heteroatoms. The van der Waals surface area contributed by atoms with E-state index in [1.165, 1.54) is 30.4 Å². The van der Waals surface area contributed by atoms with E-state index in [0.717, 1.165) is 28.8 Å². The Morgan fingerprint density at radius 1 is 1.19 bits per heavy atom. The van der Waals surface area contributed by atoms with Gasteiger partial charge < -0.3 is 10.2 Å². The molecule has 0 radical (unpaired) electrons. The number of phenolic OH excluding ortho intramolecular Hbond substituents is 1. The number of phenols is 1. The van der Waals surface area contributed by atoms with Crippen molar-refractivity contribution in [3.05, 3.63) is 26.8 Å². The molecule has 5 atom stereocenters. The number of hydrogen-bond acceptors (Lipinski definition) is 2. The highest BCUT2D eigenvalue weighted by Crippen LogP contribution is 2.61. The third-order valence-corrected chi connectivity index (χ3v) is 7.61. The lowest BCUT2D eigenvalue weighted by molar-refractivity contribution is -0.0226. The van der Waals surface area contributed by atoms with Crippen molar-refractivity contribution in [1.82, 2.24) is 0 Å². The highest BCUT2D eigenvalue weighted by molar-refractivity contribution is 14.1. The summed E-state index contributed by atoms with van der Waals surface area (Å²) in [7, 11) is 0. The number of aliphatic hydroxyl groups is 1. The van der Waals surface area contributed by atoms with Gasteiger partial charge in [0, 0.05) is 0 Å². The van der Waals surface area contributed by atoms with Crippen LogP contribution in [0.15, 0.2) is 12.1 Å². The lowest BCUT2D eigenvalue weighted by atomic mass is 9.55. The molecule has 3 aliphatic carbocycles. The lowest BCUT2D eigenvalue weighted by Crippen LogP contribution is -2.43. The SMILES string of the molecule is C[C@]12CC[C@@H]3c4cc(I)c(O)cc4CC[C@H]3[C@@H]1CCC2O. The number of aliphatic hydroxyl groups excluding tert-OH is 1. The van der Waals surface area contributed by atoms with Gasteiger partial charge in [0.1, 0.15) is 5.75 Å². The first-order valence-corrected chi connectivity index (χ1v) is 9.28. The molecule has 114 valence electrons. The summed E-state index contributed by atoms with van der Waals surface area (Å²) in [6.07, 6.45) is 6.76. The van der Waals surface area contributed by atoms with E-state index >= 15 is 0 Å². The maximum Gasteiger partial charge on any atom is 0.129 e. The number of aryl methyl sites for hydroxylation is 1. The van der Waals surface area contributed by atoms with Gasteiger partial charge in [0.2, 0.25) is 0 Å². The van der Waals surface area contributed by atoms with Crippen molar-refractivity contribution >= 4 is 22.6 Å². The van der Waals surface area contributed by atoms with Crippen molar-refractivity contribution in [2.24, 2.45) is 17.3 Å². The summed E-state index contributed by atoms with van der Waals surface area (Å²) in [5, 5.41) is 20.4. The summed E-state index contributed by atoms with van der Waals surface area (Å²) >= 11 is 2.24. The minimum atomic E-state index is -0.0928. The molecule has 0 spiro atoms. The second-order valence-electron chi connectivity index (χ2n) is 7.56. The van der Waals surface area contributed by atoms with Gasteiger partial charge in [0.05, 0.1) is 9.67 Å². The molecule has 0 bridgehead atoms. The minimum Gasteiger partial charge on any atom is -0.507 e. The normalized spacial score (nSPS) is 41.3. The Balaban J connectivity index is 1.73. The maximum atomic E-state index is 10.4. The molecule has 0 aromatic heterocycles. The van der Waals surface area contributed by atoms with Gasteiger partial charge in [0.15, 0.2) is 0 Å². The van der Waals surface area contributed by atoms with E-state index in [1.807, 2.05) is 6.07 Å². The molecule has 0 saturated heterocycles. The molecule has 1 unspecified atom stereocenters. The highest BCUT2D eigenvalue weighted by Gasteiger charge is 2.54. The highest BCUT2D eigenvalue weighted by atomic mass is 127. The Kier molecular flexibility index (Phi) is 3.31. The van der Waals surface area contributed by atoms with Crippen LogP contribution < -0.4 is 0 Å². The number of rotatable bonds is 0. The molecule has 0 amide bonds. The smallest absolute Gasteiger partial charge is 0.129 e. The van der Waals surface area contributed by atoms with Crippen molar-refractivity contribution < 1.29 is 10.2 Å². The first-order chi connectivity index (χ1) is 10.0. The van der Waals surface area contributed by atoms with Crippen LogP contribution >= 0.6 is 22.6 Å². The van der Waals surface area contributed by atoms with Crippen molar-refractivity contribution in [2.75, 3.05) is 0 Å². The quantitative estimate of drug-likeness (QED) is 0.643. The predicted molar refractivity (Wildman–Crippen MR) is 91.4 cm³/mol. The average Bonchev–Trinajstić information content (AvgIpc) is 2.76. The van der Waals surface area contributed by atoms with Crippen LogP contribution in [0.3, 0.4) is 0 Å². The molecule has 21 heavy (non-hydrogen) atoms. The van der Waals surface area contributed by atoms with Crippen LogP contribution in [-0.2, 0) is 6.42 Å². The summed E-state index contributed by atoms with van der Waals surface area (Å²) in [4.78, 5) is 0. The van der Waals surface area contributed by atoms with Gasteiger partial charge in [-0.25, -0.2) is 0 Å². The van der Waals surface area contributed by atoms with Gasteiger partial charge in [0.25, 0.3) is 0 Å². The van der Waals surface area contributed by atoms with E-state index in [2.05, 4.69) is 35.6 Å². The Hall–Kier alpha value is -0.290. The van der Waals surface area contributed by atoms with E-state index < -0.39 is 0 Å².